The van der Waals surface area contributed by atoms with E-state index >= 15 is 0 Å². The molecule has 3 rings (SSSR count). The highest BCUT2D eigenvalue weighted by Gasteiger charge is 2.17. The Balaban J connectivity index is 2.05. The van der Waals surface area contributed by atoms with Gasteiger partial charge in [-0.3, -0.25) is 0 Å². The van der Waals surface area contributed by atoms with E-state index in [2.05, 4.69) is 22.3 Å². The zero-order valence-corrected chi connectivity index (χ0v) is 13.4. The summed E-state index contributed by atoms with van der Waals surface area (Å²) < 4.78 is 15.6. The lowest BCUT2D eigenvalue weighted by Gasteiger charge is -2.07. The van der Waals surface area contributed by atoms with E-state index in [0.717, 1.165) is 11.8 Å². The maximum atomic E-state index is 14.0. The molecule has 0 fully saturated rings. The predicted molar refractivity (Wildman–Crippen MR) is 86.4 cm³/mol. The van der Waals surface area contributed by atoms with Gasteiger partial charge in [-0.15, -0.1) is 10.2 Å². The minimum absolute atomic E-state index is 0.341. The summed E-state index contributed by atoms with van der Waals surface area (Å²) in [7, 11) is 1.71. The highest BCUT2D eigenvalue weighted by Crippen LogP contribution is 2.33. The number of nitriles is 2. The van der Waals surface area contributed by atoms with Crippen LogP contribution in [0.25, 0.3) is 11.4 Å². The third kappa shape index (κ3) is 2.73. The zero-order chi connectivity index (χ0) is 17.1. The first kappa shape index (κ1) is 15.7. The quantitative estimate of drug-likeness (QED) is 0.732. The van der Waals surface area contributed by atoms with Crippen molar-refractivity contribution in [2.24, 2.45) is 7.05 Å². The number of nitrogens with zero attached hydrogens (tertiary/aromatic N) is 5. The van der Waals surface area contributed by atoms with Gasteiger partial charge in [0.25, 0.3) is 0 Å². The molecular formula is C17H10FN5S. The summed E-state index contributed by atoms with van der Waals surface area (Å²) >= 11 is 1.16. The summed E-state index contributed by atoms with van der Waals surface area (Å²) in [5.41, 5.74) is 1.11. The fourth-order valence-corrected chi connectivity index (χ4v) is 3.13. The Kier molecular flexibility index (Phi) is 4.28. The monoisotopic (exact) mass is 335 g/mol. The molecule has 24 heavy (non-hydrogen) atoms. The van der Waals surface area contributed by atoms with Crippen molar-refractivity contribution in [3.63, 3.8) is 0 Å². The van der Waals surface area contributed by atoms with Crippen molar-refractivity contribution in [2.75, 3.05) is 0 Å². The fourth-order valence-electron chi connectivity index (χ4n) is 2.20. The molecule has 0 radical (unpaired) electrons. The van der Waals surface area contributed by atoms with E-state index in [1.54, 1.807) is 48.0 Å². The summed E-state index contributed by atoms with van der Waals surface area (Å²) in [6, 6.07) is 15.4. The standard InChI is InChI=1S/C17H10FN5S/c1-23-16(13-7-2-3-8-14(13)18)21-22-17(23)24-15-11(9-19)5-4-6-12(15)10-20/h2-8H,1H3. The molecule has 2 aromatic carbocycles. The lowest BCUT2D eigenvalue weighted by Crippen LogP contribution is -1.97. The van der Waals surface area contributed by atoms with Gasteiger partial charge in [-0.2, -0.15) is 10.5 Å². The van der Waals surface area contributed by atoms with Gasteiger partial charge in [0.2, 0.25) is 0 Å². The third-order valence-electron chi connectivity index (χ3n) is 3.40. The molecule has 0 amide bonds. The van der Waals surface area contributed by atoms with E-state index in [0.29, 0.717) is 32.6 Å². The number of benzene rings is 2. The van der Waals surface area contributed by atoms with Crippen LogP contribution in [0.2, 0.25) is 0 Å². The van der Waals surface area contributed by atoms with Crippen molar-refractivity contribution in [2.45, 2.75) is 10.1 Å². The van der Waals surface area contributed by atoms with Crippen molar-refractivity contribution in [3.05, 3.63) is 59.4 Å². The third-order valence-corrected chi connectivity index (χ3v) is 4.58. The maximum Gasteiger partial charge on any atom is 0.196 e. The molecule has 0 saturated carbocycles. The van der Waals surface area contributed by atoms with Gasteiger partial charge >= 0.3 is 0 Å². The Morgan fingerprint density at radius 1 is 1.00 bits per heavy atom. The molecule has 1 aromatic heterocycles. The SMILES string of the molecule is Cn1c(Sc2c(C#N)cccc2C#N)nnc1-c1ccccc1F. The number of hydrogen-bond donors (Lipinski definition) is 0. The first-order valence-electron chi connectivity index (χ1n) is 6.91. The molecule has 0 atom stereocenters. The lowest BCUT2D eigenvalue weighted by atomic mass is 10.1. The second kappa shape index (κ2) is 6.53. The van der Waals surface area contributed by atoms with E-state index < -0.39 is 0 Å². The van der Waals surface area contributed by atoms with Crippen LogP contribution in [-0.2, 0) is 7.05 Å². The van der Waals surface area contributed by atoms with Crippen molar-refractivity contribution in [1.82, 2.24) is 14.8 Å². The van der Waals surface area contributed by atoms with Crippen LogP contribution in [0.3, 0.4) is 0 Å². The average Bonchev–Trinajstić information content (AvgIpc) is 2.96. The first-order chi connectivity index (χ1) is 11.7. The second-order valence-electron chi connectivity index (χ2n) is 4.85. The average molecular weight is 335 g/mol. The minimum atomic E-state index is -0.389. The molecular weight excluding hydrogens is 325 g/mol. The molecule has 7 heteroatoms. The number of rotatable bonds is 3. The van der Waals surface area contributed by atoms with E-state index in [9.17, 15) is 14.9 Å². The topological polar surface area (TPSA) is 78.3 Å². The van der Waals surface area contributed by atoms with E-state index in [4.69, 9.17) is 0 Å². The van der Waals surface area contributed by atoms with Gasteiger partial charge in [0, 0.05) is 7.05 Å². The lowest BCUT2D eigenvalue weighted by molar-refractivity contribution is 0.628. The van der Waals surface area contributed by atoms with E-state index in [1.165, 1.54) is 6.07 Å². The molecule has 0 N–H and O–H groups in total. The molecule has 0 spiro atoms. The van der Waals surface area contributed by atoms with Crippen LogP contribution in [0, 0.1) is 28.5 Å². The summed E-state index contributed by atoms with van der Waals surface area (Å²) in [6.45, 7) is 0. The Hall–Kier alpha value is -3.16. The Bertz CT molecular complexity index is 965. The largest absolute Gasteiger partial charge is 0.305 e. The molecule has 1 heterocycles. The molecule has 0 aliphatic heterocycles. The van der Waals surface area contributed by atoms with Crippen LogP contribution in [0.1, 0.15) is 11.1 Å². The Morgan fingerprint density at radius 2 is 1.67 bits per heavy atom. The molecule has 0 aliphatic carbocycles. The van der Waals surface area contributed by atoms with Gasteiger partial charge in [-0.25, -0.2) is 4.39 Å². The van der Waals surface area contributed by atoms with Gasteiger partial charge < -0.3 is 4.57 Å². The summed E-state index contributed by atoms with van der Waals surface area (Å²) in [6.07, 6.45) is 0. The van der Waals surface area contributed by atoms with Gasteiger partial charge in [0.15, 0.2) is 11.0 Å². The second-order valence-corrected chi connectivity index (χ2v) is 5.83. The molecule has 116 valence electrons. The summed E-state index contributed by atoms with van der Waals surface area (Å²) in [4.78, 5) is 0.512. The van der Waals surface area contributed by atoms with Crippen LogP contribution in [0.5, 0.6) is 0 Å². The molecule has 0 bridgehead atoms. The zero-order valence-electron chi connectivity index (χ0n) is 12.6. The Labute approximate surface area is 142 Å². The smallest absolute Gasteiger partial charge is 0.196 e. The van der Waals surface area contributed by atoms with Crippen molar-refractivity contribution < 1.29 is 4.39 Å². The Morgan fingerprint density at radius 3 is 2.29 bits per heavy atom. The van der Waals surface area contributed by atoms with Gasteiger partial charge in [-0.1, -0.05) is 18.2 Å². The minimum Gasteiger partial charge on any atom is -0.305 e. The van der Waals surface area contributed by atoms with Gasteiger partial charge in [-0.05, 0) is 36.0 Å². The van der Waals surface area contributed by atoms with Crippen LogP contribution in [-0.4, -0.2) is 14.8 Å². The normalized spacial score (nSPS) is 10.2. The maximum absolute atomic E-state index is 14.0. The summed E-state index contributed by atoms with van der Waals surface area (Å²) in [5.74, 6) is -0.0109. The highest BCUT2D eigenvalue weighted by molar-refractivity contribution is 7.99. The number of halogens is 1. The van der Waals surface area contributed by atoms with Crippen LogP contribution in [0.4, 0.5) is 4.39 Å². The summed E-state index contributed by atoms with van der Waals surface area (Å²) in [5, 5.41) is 27.1. The first-order valence-corrected chi connectivity index (χ1v) is 7.72. The van der Waals surface area contributed by atoms with Crippen molar-refractivity contribution in [3.8, 4) is 23.5 Å². The predicted octanol–water partition coefficient (Wildman–Crippen LogP) is 3.52. The van der Waals surface area contributed by atoms with Gasteiger partial charge in [0.05, 0.1) is 21.6 Å². The van der Waals surface area contributed by atoms with Crippen LogP contribution in [0.15, 0.2) is 52.5 Å². The molecule has 0 saturated heterocycles. The molecule has 3 aromatic rings. The molecule has 0 aliphatic rings. The number of hydrogen-bond acceptors (Lipinski definition) is 5. The molecule has 0 unspecified atom stereocenters. The van der Waals surface area contributed by atoms with Gasteiger partial charge in [0.1, 0.15) is 18.0 Å². The molecule has 5 nitrogen and oxygen atoms in total. The van der Waals surface area contributed by atoms with Crippen LogP contribution < -0.4 is 0 Å². The van der Waals surface area contributed by atoms with E-state index in [-0.39, 0.29) is 5.82 Å². The fraction of sp³-hybridized carbons (Fsp3) is 0.0588. The van der Waals surface area contributed by atoms with Crippen molar-refractivity contribution >= 4 is 11.8 Å². The van der Waals surface area contributed by atoms with Crippen molar-refractivity contribution in [1.29, 1.82) is 10.5 Å². The van der Waals surface area contributed by atoms with E-state index in [1.807, 2.05) is 0 Å². The highest BCUT2D eigenvalue weighted by atomic mass is 32.2. The van der Waals surface area contributed by atoms with Crippen LogP contribution >= 0.6 is 11.8 Å². The number of aromatic nitrogens is 3.